The average molecular weight is 340 g/mol. The van der Waals surface area contributed by atoms with Gasteiger partial charge in [-0.05, 0) is 50.7 Å². The molecule has 0 N–H and O–H groups in total. The van der Waals surface area contributed by atoms with Gasteiger partial charge in [0, 0.05) is 0 Å². The van der Waals surface area contributed by atoms with E-state index >= 15 is 0 Å². The van der Waals surface area contributed by atoms with Crippen molar-refractivity contribution in [2.24, 2.45) is 5.41 Å². The van der Waals surface area contributed by atoms with Crippen LogP contribution in [0.2, 0.25) is 32.3 Å². The van der Waals surface area contributed by atoms with Crippen molar-refractivity contribution in [2.75, 3.05) is 0 Å². The lowest BCUT2D eigenvalue weighted by molar-refractivity contribution is 0.0767. The largest absolute Gasteiger partial charge is 0.562 e. The van der Waals surface area contributed by atoms with E-state index in [9.17, 15) is 0 Å². The van der Waals surface area contributed by atoms with Gasteiger partial charge in [0.1, 0.15) is 6.10 Å². The summed E-state index contributed by atoms with van der Waals surface area (Å²) in [6.07, 6.45) is 9.40. The zero-order valence-corrected chi connectivity index (χ0v) is 18.3. The molecule has 4 heteroatoms. The second kappa shape index (κ2) is 10.6. The molecule has 0 aliphatic rings. The standard InChI is InChI=1S/C19H41BO2Si/c1-10-13-15-20(16-14-11-2)21-17(12-3)18(19(4,5)6)22-23(7,8)9/h12,18H,10-11,13-16H2,1-9H3/b17-12-/t18-/m1/s1. The molecule has 0 aromatic heterocycles. The van der Waals surface area contributed by atoms with Crippen LogP contribution in [0.1, 0.15) is 67.2 Å². The SMILES string of the molecule is C/C=C(\OB(CCCC)CCCC)[C@@H](O[Si](C)(C)C)C(C)(C)C. The highest BCUT2D eigenvalue weighted by atomic mass is 28.4. The Kier molecular flexibility index (Phi) is 10.5. The van der Waals surface area contributed by atoms with E-state index in [2.05, 4.69) is 67.3 Å². The number of allylic oxidation sites excluding steroid dienone is 1. The molecular formula is C19H41BO2Si. The number of hydrogen-bond donors (Lipinski definition) is 0. The second-order valence-electron chi connectivity index (χ2n) is 8.69. The molecule has 0 saturated carbocycles. The van der Waals surface area contributed by atoms with Gasteiger partial charge < -0.3 is 9.08 Å². The predicted octanol–water partition coefficient (Wildman–Crippen LogP) is 6.76. The fourth-order valence-corrected chi connectivity index (χ4v) is 3.79. The molecule has 0 rings (SSSR count). The van der Waals surface area contributed by atoms with Crippen LogP contribution < -0.4 is 0 Å². The van der Waals surface area contributed by atoms with Gasteiger partial charge in [-0.2, -0.15) is 0 Å². The summed E-state index contributed by atoms with van der Waals surface area (Å²) in [6, 6.07) is 0. The molecule has 136 valence electrons. The molecule has 0 heterocycles. The van der Waals surface area contributed by atoms with Crippen LogP contribution in [0.3, 0.4) is 0 Å². The van der Waals surface area contributed by atoms with Crippen LogP contribution in [0.5, 0.6) is 0 Å². The van der Waals surface area contributed by atoms with Gasteiger partial charge in [-0.3, -0.25) is 0 Å². The minimum Gasteiger partial charge on any atom is -0.562 e. The van der Waals surface area contributed by atoms with Gasteiger partial charge in [-0.15, -0.1) is 0 Å². The van der Waals surface area contributed by atoms with Crippen LogP contribution in [0, 0.1) is 5.41 Å². The van der Waals surface area contributed by atoms with Gasteiger partial charge >= 0.3 is 6.92 Å². The minimum atomic E-state index is -1.63. The lowest BCUT2D eigenvalue weighted by atomic mass is 9.59. The average Bonchev–Trinajstić information content (AvgIpc) is 2.42. The van der Waals surface area contributed by atoms with Crippen molar-refractivity contribution in [3.05, 3.63) is 11.8 Å². The quantitative estimate of drug-likeness (QED) is 0.305. The van der Waals surface area contributed by atoms with Gasteiger partial charge in [0.2, 0.25) is 0 Å². The van der Waals surface area contributed by atoms with Crippen molar-refractivity contribution in [3.63, 3.8) is 0 Å². The Labute approximate surface area is 147 Å². The molecule has 0 aromatic rings. The fraction of sp³-hybridized carbons (Fsp3) is 0.895. The number of unbranched alkanes of at least 4 members (excludes halogenated alkanes) is 2. The molecule has 0 amide bonds. The summed E-state index contributed by atoms with van der Waals surface area (Å²) in [5.74, 6) is 1.04. The summed E-state index contributed by atoms with van der Waals surface area (Å²) in [6.45, 7) is 20.4. The van der Waals surface area contributed by atoms with Crippen LogP contribution in [0.4, 0.5) is 0 Å². The molecular weight excluding hydrogens is 299 g/mol. The summed E-state index contributed by atoms with van der Waals surface area (Å²) in [5.41, 5.74) is 0.0438. The molecule has 0 saturated heterocycles. The molecule has 0 unspecified atom stereocenters. The molecule has 23 heavy (non-hydrogen) atoms. The van der Waals surface area contributed by atoms with Gasteiger partial charge in [-0.1, -0.05) is 60.3 Å². The Balaban J connectivity index is 5.14. The van der Waals surface area contributed by atoms with Crippen LogP contribution >= 0.6 is 0 Å². The van der Waals surface area contributed by atoms with E-state index in [1.807, 2.05) is 0 Å². The van der Waals surface area contributed by atoms with Crippen molar-refractivity contribution in [2.45, 2.75) is 106 Å². The van der Waals surface area contributed by atoms with Crippen molar-refractivity contribution < 1.29 is 9.08 Å². The molecule has 0 aromatic carbocycles. The predicted molar refractivity (Wildman–Crippen MR) is 108 cm³/mol. The summed E-state index contributed by atoms with van der Waals surface area (Å²) in [4.78, 5) is 0. The minimum absolute atomic E-state index is 0.0438. The molecule has 1 atom stereocenters. The first-order chi connectivity index (χ1) is 10.5. The normalized spacial score (nSPS) is 14.7. The van der Waals surface area contributed by atoms with E-state index in [0.29, 0.717) is 6.92 Å². The van der Waals surface area contributed by atoms with E-state index in [-0.39, 0.29) is 11.5 Å². The lowest BCUT2D eigenvalue weighted by Gasteiger charge is -2.38. The second-order valence-corrected chi connectivity index (χ2v) is 13.2. The van der Waals surface area contributed by atoms with E-state index in [0.717, 1.165) is 18.4 Å². The maximum atomic E-state index is 6.51. The van der Waals surface area contributed by atoms with Gasteiger partial charge in [0.05, 0.1) is 5.76 Å². The molecule has 0 bridgehead atoms. The topological polar surface area (TPSA) is 18.5 Å². The van der Waals surface area contributed by atoms with Crippen molar-refractivity contribution in [1.82, 2.24) is 0 Å². The first kappa shape index (κ1) is 22.8. The van der Waals surface area contributed by atoms with E-state index in [4.69, 9.17) is 9.08 Å². The highest BCUT2D eigenvalue weighted by Crippen LogP contribution is 2.32. The van der Waals surface area contributed by atoms with Gasteiger partial charge in [0.15, 0.2) is 8.32 Å². The van der Waals surface area contributed by atoms with Crippen LogP contribution in [0.25, 0.3) is 0 Å². The maximum Gasteiger partial charge on any atom is 0.357 e. The highest BCUT2D eigenvalue weighted by Gasteiger charge is 2.35. The number of hydrogen-bond acceptors (Lipinski definition) is 2. The third kappa shape index (κ3) is 10.3. The van der Waals surface area contributed by atoms with E-state index in [1.165, 1.54) is 25.7 Å². The molecule has 0 fully saturated rings. The molecule has 0 aliphatic carbocycles. The van der Waals surface area contributed by atoms with Crippen LogP contribution in [0.15, 0.2) is 11.8 Å². The molecule has 0 spiro atoms. The monoisotopic (exact) mass is 340 g/mol. The number of rotatable bonds is 11. The van der Waals surface area contributed by atoms with E-state index < -0.39 is 8.32 Å². The first-order valence-corrected chi connectivity index (χ1v) is 13.0. The first-order valence-electron chi connectivity index (χ1n) is 9.55. The highest BCUT2D eigenvalue weighted by molar-refractivity contribution is 6.69. The maximum absolute atomic E-state index is 6.51. The summed E-state index contributed by atoms with van der Waals surface area (Å²) >= 11 is 0. The Morgan fingerprint density at radius 2 is 1.52 bits per heavy atom. The molecule has 0 radical (unpaired) electrons. The third-order valence-electron chi connectivity index (χ3n) is 3.86. The summed E-state index contributed by atoms with van der Waals surface area (Å²) in [5, 5.41) is 0. The van der Waals surface area contributed by atoms with Crippen LogP contribution in [-0.4, -0.2) is 21.3 Å². The zero-order chi connectivity index (χ0) is 18.1. The Morgan fingerprint density at radius 3 is 1.83 bits per heavy atom. The lowest BCUT2D eigenvalue weighted by Crippen LogP contribution is -2.42. The zero-order valence-electron chi connectivity index (χ0n) is 17.3. The summed E-state index contributed by atoms with van der Waals surface area (Å²) in [7, 11) is -1.63. The molecule has 0 aliphatic heterocycles. The van der Waals surface area contributed by atoms with E-state index in [1.54, 1.807) is 0 Å². The summed E-state index contributed by atoms with van der Waals surface area (Å²) < 4.78 is 13.0. The van der Waals surface area contributed by atoms with Gasteiger partial charge in [-0.25, -0.2) is 0 Å². The van der Waals surface area contributed by atoms with Crippen molar-refractivity contribution in [3.8, 4) is 0 Å². The Morgan fingerprint density at radius 1 is 1.04 bits per heavy atom. The van der Waals surface area contributed by atoms with Gasteiger partial charge in [0.25, 0.3) is 0 Å². The van der Waals surface area contributed by atoms with Crippen molar-refractivity contribution in [1.29, 1.82) is 0 Å². The smallest absolute Gasteiger partial charge is 0.357 e. The Bertz CT molecular complexity index is 334. The Hall–Kier alpha value is -0.218. The van der Waals surface area contributed by atoms with Crippen molar-refractivity contribution >= 4 is 15.2 Å². The molecule has 2 nitrogen and oxygen atoms in total. The van der Waals surface area contributed by atoms with Crippen LogP contribution in [-0.2, 0) is 9.08 Å². The fourth-order valence-electron chi connectivity index (χ4n) is 2.61. The third-order valence-corrected chi connectivity index (χ3v) is 4.81.